The van der Waals surface area contributed by atoms with Gasteiger partial charge in [-0.05, 0) is 42.5 Å². The molecule has 3 N–H and O–H groups in total. The van der Waals surface area contributed by atoms with Crippen LogP contribution in [0.15, 0.2) is 29.4 Å². The molecule has 1 aromatic heterocycles. The van der Waals surface area contributed by atoms with E-state index in [9.17, 15) is 4.39 Å². The Kier molecular flexibility index (Phi) is 7.73. The number of aromatic nitrogens is 1. The molecule has 0 saturated carbocycles. The highest BCUT2D eigenvalue weighted by molar-refractivity contribution is 5.83. The summed E-state index contributed by atoms with van der Waals surface area (Å²) >= 11 is 0. The first kappa shape index (κ1) is 19.2. The summed E-state index contributed by atoms with van der Waals surface area (Å²) in [4.78, 5) is 7.39. The highest BCUT2D eigenvalue weighted by Crippen LogP contribution is 2.19. The number of aromatic amines is 1. The van der Waals surface area contributed by atoms with Gasteiger partial charge in [0.05, 0.1) is 0 Å². The molecule has 0 radical (unpaired) electrons. The number of hydrogen-bond acceptors (Lipinski definition) is 2. The van der Waals surface area contributed by atoms with Crippen LogP contribution in [0.25, 0.3) is 10.9 Å². The summed E-state index contributed by atoms with van der Waals surface area (Å²) in [6, 6.07) is 4.81. The molecule has 5 nitrogen and oxygen atoms in total. The Bertz CT molecular complexity index is 681. The maximum Gasteiger partial charge on any atom is 0.190 e. The number of aliphatic imine (C=N–C) groups is 1. The lowest BCUT2D eigenvalue weighted by Gasteiger charge is -2.12. The lowest BCUT2D eigenvalue weighted by Crippen LogP contribution is -2.39. The third kappa shape index (κ3) is 6.38. The molecule has 0 unspecified atom stereocenters. The van der Waals surface area contributed by atoms with E-state index >= 15 is 0 Å². The summed E-state index contributed by atoms with van der Waals surface area (Å²) in [5, 5.41) is 7.50. The van der Waals surface area contributed by atoms with Gasteiger partial charge in [0.15, 0.2) is 5.96 Å². The zero-order valence-electron chi connectivity index (χ0n) is 15.4. The molecule has 0 saturated heterocycles. The van der Waals surface area contributed by atoms with Crippen LogP contribution in [0.1, 0.15) is 25.8 Å². The van der Waals surface area contributed by atoms with Gasteiger partial charge in [-0.2, -0.15) is 0 Å². The Morgan fingerprint density at radius 1 is 1.28 bits per heavy atom. The first-order chi connectivity index (χ1) is 12.1. The van der Waals surface area contributed by atoms with Crippen molar-refractivity contribution in [3.8, 4) is 0 Å². The third-order valence-electron chi connectivity index (χ3n) is 3.85. The summed E-state index contributed by atoms with van der Waals surface area (Å²) in [6.07, 6.45) is 3.67. The fourth-order valence-electron chi connectivity index (χ4n) is 2.59. The van der Waals surface area contributed by atoms with Gasteiger partial charge >= 0.3 is 0 Å². The van der Waals surface area contributed by atoms with E-state index in [2.05, 4.69) is 34.5 Å². The molecule has 1 aromatic carbocycles. The van der Waals surface area contributed by atoms with Gasteiger partial charge in [-0.25, -0.2) is 4.39 Å². The van der Waals surface area contributed by atoms with E-state index in [0.717, 1.165) is 61.6 Å². The Labute approximate surface area is 149 Å². The minimum atomic E-state index is -0.210. The minimum absolute atomic E-state index is 0.210. The average molecular weight is 348 g/mol. The van der Waals surface area contributed by atoms with Gasteiger partial charge in [0.2, 0.25) is 0 Å². The third-order valence-corrected chi connectivity index (χ3v) is 3.85. The number of guanidine groups is 1. The Morgan fingerprint density at radius 2 is 2.08 bits per heavy atom. The number of nitrogens with one attached hydrogen (secondary N) is 3. The zero-order chi connectivity index (χ0) is 18.1. The molecule has 0 atom stereocenters. The van der Waals surface area contributed by atoms with Gasteiger partial charge in [0.25, 0.3) is 0 Å². The molecule has 1 heterocycles. The first-order valence-electron chi connectivity index (χ1n) is 8.88. The van der Waals surface area contributed by atoms with Crippen molar-refractivity contribution in [3.63, 3.8) is 0 Å². The van der Waals surface area contributed by atoms with E-state index in [1.54, 1.807) is 19.2 Å². The number of rotatable bonds is 9. The topological polar surface area (TPSA) is 61.4 Å². The highest BCUT2D eigenvalue weighted by Gasteiger charge is 2.05. The van der Waals surface area contributed by atoms with Crippen molar-refractivity contribution in [1.82, 2.24) is 15.6 Å². The van der Waals surface area contributed by atoms with Gasteiger partial charge in [-0.15, -0.1) is 0 Å². The normalized spacial score (nSPS) is 12.1. The lowest BCUT2D eigenvalue weighted by atomic mass is 10.1. The standard InChI is InChI=1S/C19H29FN4O/c1-14(2)13-25-10-4-8-22-19(21-3)23-9-7-15-12-24-18-6-5-16(20)11-17(15)18/h5-6,11-12,14,24H,4,7-10,13H2,1-3H3,(H2,21,22,23). The maximum absolute atomic E-state index is 13.4. The average Bonchev–Trinajstić information content (AvgIpc) is 2.98. The number of benzene rings is 1. The van der Waals surface area contributed by atoms with Gasteiger partial charge in [-0.1, -0.05) is 13.8 Å². The Hall–Kier alpha value is -2.08. The molecule has 25 heavy (non-hydrogen) atoms. The van der Waals surface area contributed by atoms with E-state index in [0.29, 0.717) is 5.92 Å². The highest BCUT2D eigenvalue weighted by atomic mass is 19.1. The first-order valence-corrected chi connectivity index (χ1v) is 8.88. The molecule has 0 fully saturated rings. The number of hydrogen-bond donors (Lipinski definition) is 3. The van der Waals surface area contributed by atoms with Crippen LogP contribution in [-0.4, -0.2) is 44.3 Å². The van der Waals surface area contributed by atoms with Gasteiger partial charge in [-0.3, -0.25) is 4.99 Å². The Balaban J connectivity index is 1.69. The molecule has 2 aromatic rings. The van der Waals surface area contributed by atoms with Crippen LogP contribution in [0.2, 0.25) is 0 Å². The second-order valence-electron chi connectivity index (χ2n) is 6.50. The molecule has 0 aliphatic carbocycles. The largest absolute Gasteiger partial charge is 0.381 e. The summed E-state index contributed by atoms with van der Waals surface area (Å²) in [6.45, 7) is 7.39. The number of H-pyrrole nitrogens is 1. The smallest absolute Gasteiger partial charge is 0.190 e. The zero-order valence-corrected chi connectivity index (χ0v) is 15.4. The molecule has 0 aliphatic rings. The second-order valence-corrected chi connectivity index (χ2v) is 6.50. The number of nitrogens with zero attached hydrogens (tertiary/aromatic N) is 1. The molecule has 2 rings (SSSR count). The van der Waals surface area contributed by atoms with Gasteiger partial charge < -0.3 is 20.4 Å². The predicted octanol–water partition coefficient (Wildman–Crippen LogP) is 3.08. The predicted molar refractivity (Wildman–Crippen MR) is 102 cm³/mol. The quantitative estimate of drug-likeness (QED) is 0.371. The van der Waals surface area contributed by atoms with E-state index in [1.165, 1.54) is 6.07 Å². The molecule has 0 spiro atoms. The molecule has 0 amide bonds. The van der Waals surface area contributed by atoms with Crippen LogP contribution < -0.4 is 10.6 Å². The van der Waals surface area contributed by atoms with Crippen LogP contribution >= 0.6 is 0 Å². The summed E-state index contributed by atoms with van der Waals surface area (Å²) in [7, 11) is 1.76. The second kappa shape index (κ2) is 10.0. The summed E-state index contributed by atoms with van der Waals surface area (Å²) < 4.78 is 19.0. The van der Waals surface area contributed by atoms with E-state index in [-0.39, 0.29) is 5.82 Å². The van der Waals surface area contributed by atoms with Crippen molar-refractivity contribution in [2.45, 2.75) is 26.7 Å². The number of fused-ring (bicyclic) bond motifs is 1. The molecular formula is C19H29FN4O. The Morgan fingerprint density at radius 3 is 2.84 bits per heavy atom. The van der Waals surface area contributed by atoms with Gasteiger partial charge in [0.1, 0.15) is 5.82 Å². The summed E-state index contributed by atoms with van der Waals surface area (Å²) in [5.74, 6) is 1.13. The van der Waals surface area contributed by atoms with E-state index in [1.807, 2.05) is 6.20 Å². The molecule has 0 bridgehead atoms. The molecular weight excluding hydrogens is 319 g/mol. The molecule has 0 aliphatic heterocycles. The summed E-state index contributed by atoms with van der Waals surface area (Å²) in [5.41, 5.74) is 2.06. The van der Waals surface area contributed by atoms with E-state index in [4.69, 9.17) is 4.74 Å². The van der Waals surface area contributed by atoms with Crippen LogP contribution in [0.5, 0.6) is 0 Å². The van der Waals surface area contributed by atoms with Crippen LogP contribution in [-0.2, 0) is 11.2 Å². The molecule has 138 valence electrons. The molecule has 6 heteroatoms. The fourth-order valence-corrected chi connectivity index (χ4v) is 2.59. The van der Waals surface area contributed by atoms with Crippen LogP contribution in [0.4, 0.5) is 4.39 Å². The van der Waals surface area contributed by atoms with Crippen molar-refractivity contribution in [3.05, 3.63) is 35.8 Å². The van der Waals surface area contributed by atoms with Crippen molar-refractivity contribution in [2.24, 2.45) is 10.9 Å². The van der Waals surface area contributed by atoms with Crippen LogP contribution in [0, 0.1) is 11.7 Å². The van der Waals surface area contributed by atoms with Crippen molar-refractivity contribution >= 4 is 16.9 Å². The number of ether oxygens (including phenoxy) is 1. The number of halogens is 1. The SMILES string of the molecule is CN=C(NCCCOCC(C)C)NCCc1c[nH]c2ccc(F)cc12. The fraction of sp³-hybridized carbons (Fsp3) is 0.526. The van der Waals surface area contributed by atoms with Crippen molar-refractivity contribution in [2.75, 3.05) is 33.4 Å². The van der Waals surface area contributed by atoms with Crippen molar-refractivity contribution in [1.29, 1.82) is 0 Å². The van der Waals surface area contributed by atoms with Crippen molar-refractivity contribution < 1.29 is 9.13 Å². The monoisotopic (exact) mass is 348 g/mol. The minimum Gasteiger partial charge on any atom is -0.381 e. The lowest BCUT2D eigenvalue weighted by molar-refractivity contribution is 0.108. The van der Waals surface area contributed by atoms with E-state index < -0.39 is 0 Å². The van der Waals surface area contributed by atoms with Gasteiger partial charge in [0, 0.05) is 50.5 Å². The van der Waals surface area contributed by atoms with Crippen LogP contribution in [0.3, 0.4) is 0 Å². The maximum atomic E-state index is 13.4.